The second-order valence-corrected chi connectivity index (χ2v) is 10.1. The van der Waals surface area contributed by atoms with Crippen molar-refractivity contribution < 1.29 is 28.2 Å². The van der Waals surface area contributed by atoms with Crippen LogP contribution in [0.3, 0.4) is 0 Å². The molecule has 0 bridgehead atoms. The predicted octanol–water partition coefficient (Wildman–Crippen LogP) is 6.73. The highest BCUT2D eigenvalue weighted by molar-refractivity contribution is 5.67. The van der Waals surface area contributed by atoms with E-state index in [0.717, 1.165) is 39.5 Å². The van der Waals surface area contributed by atoms with Crippen LogP contribution in [0.5, 0.6) is 5.75 Å². The van der Waals surface area contributed by atoms with Crippen LogP contribution in [-0.2, 0) is 34.6 Å². The number of aryl methyl sites for hydroxylation is 3. The molecule has 7 nitrogen and oxygen atoms in total. The van der Waals surface area contributed by atoms with E-state index in [0.29, 0.717) is 43.9 Å². The summed E-state index contributed by atoms with van der Waals surface area (Å²) >= 11 is 0. The van der Waals surface area contributed by atoms with Gasteiger partial charge in [-0.15, -0.1) is 0 Å². The van der Waals surface area contributed by atoms with Gasteiger partial charge in [0.15, 0.2) is 0 Å². The number of carboxylic acid groups (broad SMARTS) is 1. The van der Waals surface area contributed by atoms with Crippen molar-refractivity contribution >= 4 is 12.4 Å². The quantitative estimate of drug-likeness (QED) is 0.186. The maximum absolute atomic E-state index is 13.5. The number of amides is 1. The van der Waals surface area contributed by atoms with Crippen LogP contribution in [0.4, 0.5) is 4.39 Å². The van der Waals surface area contributed by atoms with Crippen molar-refractivity contribution in [3.05, 3.63) is 107 Å². The summed E-state index contributed by atoms with van der Waals surface area (Å²) < 4.78 is 25.1. The smallest absolute Gasteiger partial charge is 0.303 e. The van der Waals surface area contributed by atoms with Crippen LogP contribution in [0.15, 0.2) is 77.2 Å². The Labute approximate surface area is 240 Å². The maximum Gasteiger partial charge on any atom is 0.303 e. The number of halogens is 1. The largest absolute Gasteiger partial charge is 0.493 e. The number of hydrogen-bond acceptors (Lipinski definition) is 5. The minimum Gasteiger partial charge on any atom is -0.493 e. The first kappa shape index (κ1) is 31.1. The van der Waals surface area contributed by atoms with E-state index in [9.17, 15) is 14.0 Å². The molecule has 41 heavy (non-hydrogen) atoms. The summed E-state index contributed by atoms with van der Waals surface area (Å²) in [6.45, 7) is 7.84. The molecule has 1 aromatic heterocycles. The van der Waals surface area contributed by atoms with E-state index >= 15 is 0 Å². The SMILES string of the molecule is CC(C)(F)c1cccc(CNC=O)c1.Cc1cc(OCCc2nc(-c3ccccc3)oc2C)ccc1CCC(=O)O. The van der Waals surface area contributed by atoms with Gasteiger partial charge < -0.3 is 19.6 Å². The van der Waals surface area contributed by atoms with Crippen LogP contribution < -0.4 is 10.1 Å². The lowest BCUT2D eigenvalue weighted by Gasteiger charge is -2.15. The van der Waals surface area contributed by atoms with Crippen molar-refractivity contribution in [2.24, 2.45) is 0 Å². The molecule has 1 heterocycles. The predicted molar refractivity (Wildman–Crippen MR) is 156 cm³/mol. The van der Waals surface area contributed by atoms with Gasteiger partial charge in [-0.2, -0.15) is 0 Å². The number of oxazole rings is 1. The molecule has 2 N–H and O–H groups in total. The van der Waals surface area contributed by atoms with E-state index < -0.39 is 11.6 Å². The van der Waals surface area contributed by atoms with Crippen molar-refractivity contribution in [1.29, 1.82) is 0 Å². The summed E-state index contributed by atoms with van der Waals surface area (Å²) in [7, 11) is 0. The fourth-order valence-electron chi connectivity index (χ4n) is 4.12. The minimum absolute atomic E-state index is 0.135. The van der Waals surface area contributed by atoms with Crippen LogP contribution in [0.2, 0.25) is 0 Å². The van der Waals surface area contributed by atoms with E-state index in [1.807, 2.05) is 68.4 Å². The summed E-state index contributed by atoms with van der Waals surface area (Å²) in [5.74, 6) is 1.42. The molecule has 0 atom stereocenters. The van der Waals surface area contributed by atoms with E-state index in [-0.39, 0.29) is 6.42 Å². The van der Waals surface area contributed by atoms with Gasteiger partial charge in [0.1, 0.15) is 17.2 Å². The molecule has 216 valence electrons. The first-order valence-corrected chi connectivity index (χ1v) is 13.5. The molecule has 3 aromatic carbocycles. The lowest BCUT2D eigenvalue weighted by molar-refractivity contribution is -0.137. The lowest BCUT2D eigenvalue weighted by atomic mass is 9.98. The van der Waals surface area contributed by atoms with Crippen molar-refractivity contribution in [3.63, 3.8) is 0 Å². The van der Waals surface area contributed by atoms with Crippen LogP contribution in [-0.4, -0.2) is 29.1 Å². The number of aromatic nitrogens is 1. The van der Waals surface area contributed by atoms with Crippen molar-refractivity contribution in [3.8, 4) is 17.2 Å². The number of carboxylic acids is 1. The number of rotatable bonds is 12. The van der Waals surface area contributed by atoms with Crippen LogP contribution >= 0.6 is 0 Å². The third-order valence-electron chi connectivity index (χ3n) is 6.45. The molecule has 0 aliphatic rings. The Morgan fingerprint density at radius 3 is 2.46 bits per heavy atom. The molecule has 0 spiro atoms. The van der Waals surface area contributed by atoms with E-state index in [2.05, 4.69) is 10.3 Å². The topological polar surface area (TPSA) is 102 Å². The minimum atomic E-state index is -1.34. The molecule has 0 unspecified atom stereocenters. The summed E-state index contributed by atoms with van der Waals surface area (Å²) in [5.41, 5.74) is 4.12. The van der Waals surface area contributed by atoms with Crippen molar-refractivity contribution in [1.82, 2.24) is 10.3 Å². The van der Waals surface area contributed by atoms with Crippen LogP contribution in [0.25, 0.3) is 11.5 Å². The molecule has 0 saturated carbocycles. The Morgan fingerprint density at radius 2 is 1.80 bits per heavy atom. The molecule has 4 aromatic rings. The third-order valence-corrected chi connectivity index (χ3v) is 6.45. The number of nitrogens with zero attached hydrogens (tertiary/aromatic N) is 1. The van der Waals surface area contributed by atoms with Crippen LogP contribution in [0, 0.1) is 13.8 Å². The molecular formula is C33H37FN2O5. The maximum atomic E-state index is 13.5. The van der Waals surface area contributed by atoms with Gasteiger partial charge >= 0.3 is 5.97 Å². The molecule has 0 aliphatic carbocycles. The standard InChI is InChI=1S/C22H23NO4.C11H14FNO/c1-15-14-19(10-8-17(15)9-11-21(24)25)26-13-12-20-16(2)27-22(23-20)18-6-4-3-5-7-18;1-11(2,12)10-5-3-4-9(6-10)7-13-8-14/h3-8,10,14H,9,11-13H2,1-2H3,(H,24,25);3-6,8H,7H2,1-2H3,(H,13,14). The molecule has 0 saturated heterocycles. The number of alkyl halides is 1. The zero-order valence-electron chi connectivity index (χ0n) is 23.9. The summed E-state index contributed by atoms with van der Waals surface area (Å²) in [5, 5.41) is 11.3. The first-order valence-electron chi connectivity index (χ1n) is 13.5. The van der Waals surface area contributed by atoms with E-state index in [1.165, 1.54) is 13.8 Å². The highest BCUT2D eigenvalue weighted by atomic mass is 19.1. The Kier molecular flexibility index (Phi) is 11.2. The average Bonchev–Trinajstić information content (AvgIpc) is 3.32. The molecule has 1 amide bonds. The monoisotopic (exact) mass is 560 g/mol. The number of ether oxygens (including phenoxy) is 1. The number of aliphatic carboxylic acids is 1. The van der Waals surface area contributed by atoms with E-state index in [4.69, 9.17) is 14.3 Å². The van der Waals surface area contributed by atoms with Gasteiger partial charge in [0.2, 0.25) is 12.3 Å². The van der Waals surface area contributed by atoms with Gasteiger partial charge in [0.25, 0.3) is 0 Å². The summed E-state index contributed by atoms with van der Waals surface area (Å²) in [4.78, 5) is 25.4. The lowest BCUT2D eigenvalue weighted by Crippen LogP contribution is -2.12. The van der Waals surface area contributed by atoms with Gasteiger partial charge in [-0.3, -0.25) is 9.59 Å². The molecule has 0 radical (unpaired) electrons. The van der Waals surface area contributed by atoms with Gasteiger partial charge in [0.05, 0.1) is 12.3 Å². The Balaban J connectivity index is 0.000000278. The average molecular weight is 561 g/mol. The number of benzene rings is 3. The highest BCUT2D eigenvalue weighted by Crippen LogP contribution is 2.25. The molecular weight excluding hydrogens is 523 g/mol. The number of nitrogens with one attached hydrogen (secondary N) is 1. The van der Waals surface area contributed by atoms with E-state index in [1.54, 1.807) is 18.2 Å². The number of carbonyl (C=O) groups excluding carboxylic acids is 1. The van der Waals surface area contributed by atoms with Crippen LogP contribution in [0.1, 0.15) is 54.0 Å². The number of hydrogen-bond donors (Lipinski definition) is 2. The van der Waals surface area contributed by atoms with Gasteiger partial charge in [-0.05, 0) is 80.6 Å². The molecule has 8 heteroatoms. The fraction of sp³-hybridized carbons (Fsp3) is 0.303. The summed E-state index contributed by atoms with van der Waals surface area (Å²) in [6, 6.07) is 22.7. The second-order valence-electron chi connectivity index (χ2n) is 10.1. The third kappa shape index (κ3) is 9.90. The second kappa shape index (κ2) is 14.8. The van der Waals surface area contributed by atoms with Gasteiger partial charge in [0, 0.05) is 24.9 Å². The van der Waals surface area contributed by atoms with Gasteiger partial charge in [-0.1, -0.05) is 48.5 Å². The van der Waals surface area contributed by atoms with Crippen molar-refractivity contribution in [2.75, 3.05) is 6.61 Å². The Bertz CT molecular complexity index is 1430. The zero-order chi connectivity index (χ0) is 29.8. The molecule has 0 fully saturated rings. The Hall–Kier alpha value is -4.46. The fourth-order valence-corrected chi connectivity index (χ4v) is 4.12. The van der Waals surface area contributed by atoms with Crippen molar-refractivity contribution in [2.45, 2.75) is 59.2 Å². The molecule has 0 aliphatic heterocycles. The first-order chi connectivity index (χ1) is 19.6. The normalized spacial score (nSPS) is 10.9. The molecule has 4 rings (SSSR count). The zero-order valence-corrected chi connectivity index (χ0v) is 23.9. The summed E-state index contributed by atoms with van der Waals surface area (Å²) in [6.07, 6.45) is 1.95. The van der Waals surface area contributed by atoms with Gasteiger partial charge in [-0.25, -0.2) is 9.37 Å². The Morgan fingerprint density at radius 1 is 1.05 bits per heavy atom. The highest BCUT2D eigenvalue weighted by Gasteiger charge is 2.18. The number of carbonyl (C=O) groups is 2.